The molecule has 0 saturated heterocycles. The van der Waals surface area contributed by atoms with Crippen LogP contribution in [0.3, 0.4) is 0 Å². The quantitative estimate of drug-likeness (QED) is 0.476. The average Bonchev–Trinajstić information content (AvgIpc) is 2.48. The molecule has 1 rings (SSSR count). The highest BCUT2D eigenvalue weighted by Crippen LogP contribution is 2.13. The van der Waals surface area contributed by atoms with Crippen molar-refractivity contribution in [2.45, 2.75) is 12.4 Å². The van der Waals surface area contributed by atoms with Gasteiger partial charge in [-0.15, -0.1) is 11.6 Å². The van der Waals surface area contributed by atoms with Gasteiger partial charge >= 0.3 is 5.82 Å². The molecule has 0 spiro atoms. The van der Waals surface area contributed by atoms with Gasteiger partial charge in [-0.25, -0.2) is 0 Å². The SMILES string of the molecule is O=[N+]([O-])c1cc(CCl)n(CCBr)n1. The maximum atomic E-state index is 10.4. The van der Waals surface area contributed by atoms with Crippen LogP contribution in [-0.4, -0.2) is 20.0 Å². The minimum Gasteiger partial charge on any atom is -0.358 e. The molecular weight excluding hydrogens is 261 g/mol. The smallest absolute Gasteiger partial charge is 0.358 e. The number of aryl methyl sites for hydroxylation is 1. The highest BCUT2D eigenvalue weighted by atomic mass is 79.9. The lowest BCUT2D eigenvalue weighted by Crippen LogP contribution is -2.04. The minimum absolute atomic E-state index is 0.156. The summed E-state index contributed by atoms with van der Waals surface area (Å²) >= 11 is 8.81. The topological polar surface area (TPSA) is 61.0 Å². The molecule has 7 heteroatoms. The summed E-state index contributed by atoms with van der Waals surface area (Å²) < 4.78 is 1.53. The van der Waals surface area contributed by atoms with Crippen LogP contribution in [0.4, 0.5) is 5.82 Å². The molecule has 0 N–H and O–H groups in total. The van der Waals surface area contributed by atoms with E-state index >= 15 is 0 Å². The number of aromatic nitrogens is 2. The minimum atomic E-state index is -0.527. The Bertz CT molecular complexity index is 315. The molecule has 0 amide bonds. The van der Waals surface area contributed by atoms with E-state index in [9.17, 15) is 10.1 Å². The summed E-state index contributed by atoms with van der Waals surface area (Å²) in [5.41, 5.74) is 0.660. The highest BCUT2D eigenvalue weighted by molar-refractivity contribution is 9.09. The molecule has 0 bridgehead atoms. The van der Waals surface area contributed by atoms with E-state index in [1.54, 1.807) is 0 Å². The average molecular weight is 268 g/mol. The van der Waals surface area contributed by atoms with E-state index in [4.69, 9.17) is 11.6 Å². The maximum absolute atomic E-state index is 10.4. The zero-order chi connectivity index (χ0) is 9.84. The summed E-state index contributed by atoms with van der Waals surface area (Å²) in [6.07, 6.45) is 0. The molecule has 0 atom stereocenters. The predicted octanol–water partition coefficient (Wildman–Crippen LogP) is 1.92. The second-order valence-electron chi connectivity index (χ2n) is 2.30. The number of alkyl halides is 2. The Morgan fingerprint density at radius 3 is 2.92 bits per heavy atom. The van der Waals surface area contributed by atoms with Crippen molar-refractivity contribution in [2.24, 2.45) is 0 Å². The Labute approximate surface area is 88.0 Å². The van der Waals surface area contributed by atoms with Crippen molar-refractivity contribution >= 4 is 33.3 Å². The Morgan fingerprint density at radius 1 is 1.77 bits per heavy atom. The van der Waals surface area contributed by atoms with Gasteiger partial charge in [-0.1, -0.05) is 15.9 Å². The fourth-order valence-electron chi connectivity index (χ4n) is 0.911. The third kappa shape index (κ3) is 2.41. The van der Waals surface area contributed by atoms with Gasteiger partial charge < -0.3 is 10.1 Å². The summed E-state index contributed by atoms with van der Waals surface area (Å²) in [4.78, 5) is 9.83. The van der Waals surface area contributed by atoms with Crippen LogP contribution in [-0.2, 0) is 12.4 Å². The van der Waals surface area contributed by atoms with Crippen LogP contribution in [0.1, 0.15) is 5.69 Å². The van der Waals surface area contributed by atoms with Gasteiger partial charge in [0.05, 0.1) is 29.3 Å². The molecule has 72 valence electrons. The Hall–Kier alpha value is -0.620. The molecule has 0 aliphatic heterocycles. The number of hydrogen-bond acceptors (Lipinski definition) is 3. The number of rotatable bonds is 4. The van der Waals surface area contributed by atoms with Gasteiger partial charge in [0.15, 0.2) is 0 Å². The molecule has 0 aliphatic carbocycles. The van der Waals surface area contributed by atoms with Crippen LogP contribution in [0, 0.1) is 10.1 Å². The number of halogens is 2. The third-order valence-corrected chi connectivity index (χ3v) is 2.10. The van der Waals surface area contributed by atoms with Crippen molar-refractivity contribution in [2.75, 3.05) is 5.33 Å². The Morgan fingerprint density at radius 2 is 2.46 bits per heavy atom. The fourth-order valence-corrected chi connectivity index (χ4v) is 1.46. The van der Waals surface area contributed by atoms with Gasteiger partial charge in [0, 0.05) is 5.33 Å². The van der Waals surface area contributed by atoms with E-state index in [0.717, 1.165) is 0 Å². The van der Waals surface area contributed by atoms with E-state index in [1.165, 1.54) is 10.7 Å². The second kappa shape index (κ2) is 4.57. The van der Waals surface area contributed by atoms with Crippen LogP contribution in [0.25, 0.3) is 0 Å². The van der Waals surface area contributed by atoms with E-state index in [1.807, 2.05) is 0 Å². The summed E-state index contributed by atoms with van der Waals surface area (Å²) in [5, 5.41) is 14.8. The van der Waals surface area contributed by atoms with E-state index in [2.05, 4.69) is 21.0 Å². The molecule has 1 heterocycles. The fraction of sp³-hybridized carbons (Fsp3) is 0.500. The molecule has 1 aromatic rings. The van der Waals surface area contributed by atoms with Crippen molar-refractivity contribution in [3.8, 4) is 0 Å². The van der Waals surface area contributed by atoms with Crippen LogP contribution < -0.4 is 0 Å². The molecule has 0 aliphatic rings. The first-order valence-electron chi connectivity index (χ1n) is 3.52. The standard InChI is InChI=1S/C6H7BrClN3O2/c7-1-2-10-5(4-8)3-6(9-10)11(12)13/h3H,1-2,4H2. The molecular formula is C6H7BrClN3O2. The van der Waals surface area contributed by atoms with Gasteiger partial charge in [0.2, 0.25) is 0 Å². The Balaban J connectivity index is 2.96. The summed E-state index contributed by atoms with van der Waals surface area (Å²) in [7, 11) is 0. The zero-order valence-corrected chi connectivity index (χ0v) is 8.95. The predicted molar refractivity (Wildman–Crippen MR) is 52.2 cm³/mol. The van der Waals surface area contributed by atoms with Crippen LogP contribution >= 0.6 is 27.5 Å². The maximum Gasteiger partial charge on any atom is 0.390 e. The number of nitrogens with zero attached hydrogens (tertiary/aromatic N) is 3. The van der Waals surface area contributed by atoms with Crippen molar-refractivity contribution in [1.82, 2.24) is 9.78 Å². The van der Waals surface area contributed by atoms with E-state index in [-0.39, 0.29) is 11.7 Å². The highest BCUT2D eigenvalue weighted by Gasteiger charge is 2.16. The monoisotopic (exact) mass is 267 g/mol. The van der Waals surface area contributed by atoms with Crippen LogP contribution in [0.5, 0.6) is 0 Å². The summed E-state index contributed by atoms with van der Waals surface area (Å²) in [6.45, 7) is 0.579. The molecule has 0 fully saturated rings. The van der Waals surface area contributed by atoms with Gasteiger partial charge in [-0.2, -0.15) is 4.68 Å². The van der Waals surface area contributed by atoms with Gasteiger partial charge in [-0.05, 0) is 4.92 Å². The first kappa shape index (κ1) is 10.5. The second-order valence-corrected chi connectivity index (χ2v) is 3.36. The van der Waals surface area contributed by atoms with Crippen LogP contribution in [0.2, 0.25) is 0 Å². The number of hydrogen-bond donors (Lipinski definition) is 0. The number of nitro groups is 1. The molecule has 5 nitrogen and oxygen atoms in total. The summed E-state index contributed by atoms with van der Waals surface area (Å²) in [6, 6.07) is 1.38. The zero-order valence-electron chi connectivity index (χ0n) is 6.61. The lowest BCUT2D eigenvalue weighted by atomic mass is 10.4. The van der Waals surface area contributed by atoms with Crippen molar-refractivity contribution in [3.05, 3.63) is 21.9 Å². The molecule has 0 aromatic carbocycles. The van der Waals surface area contributed by atoms with E-state index < -0.39 is 4.92 Å². The summed E-state index contributed by atoms with van der Waals surface area (Å²) in [5.74, 6) is 0.0741. The van der Waals surface area contributed by atoms with Crippen LogP contribution in [0.15, 0.2) is 6.07 Å². The Kier molecular flexibility index (Phi) is 3.68. The molecule has 1 aromatic heterocycles. The third-order valence-electron chi connectivity index (χ3n) is 1.47. The molecule has 13 heavy (non-hydrogen) atoms. The first-order valence-corrected chi connectivity index (χ1v) is 5.17. The normalized spacial score (nSPS) is 10.3. The molecule has 0 radical (unpaired) electrons. The lowest BCUT2D eigenvalue weighted by molar-refractivity contribution is -0.389. The molecule has 0 unspecified atom stereocenters. The van der Waals surface area contributed by atoms with Crippen molar-refractivity contribution in [1.29, 1.82) is 0 Å². The van der Waals surface area contributed by atoms with Crippen molar-refractivity contribution in [3.63, 3.8) is 0 Å². The largest absolute Gasteiger partial charge is 0.390 e. The van der Waals surface area contributed by atoms with Gasteiger partial charge in [0.1, 0.15) is 0 Å². The van der Waals surface area contributed by atoms with E-state index in [0.29, 0.717) is 17.6 Å². The first-order chi connectivity index (χ1) is 6.19. The van der Waals surface area contributed by atoms with Gasteiger partial charge in [0.25, 0.3) is 0 Å². The molecule has 0 saturated carbocycles. The van der Waals surface area contributed by atoms with Gasteiger partial charge in [-0.3, -0.25) is 0 Å². The lowest BCUT2D eigenvalue weighted by Gasteiger charge is -1.94. The van der Waals surface area contributed by atoms with Crippen molar-refractivity contribution < 1.29 is 4.92 Å².